The van der Waals surface area contributed by atoms with E-state index in [2.05, 4.69) is 12.6 Å². The smallest absolute Gasteiger partial charge is 0.411 e. The van der Waals surface area contributed by atoms with Crippen LogP contribution in [0.1, 0.15) is 38.8 Å². The molecule has 0 aliphatic heterocycles. The van der Waals surface area contributed by atoms with Crippen molar-refractivity contribution in [3.05, 3.63) is 83.0 Å². The van der Waals surface area contributed by atoms with Gasteiger partial charge in [-0.05, 0) is 75.2 Å². The molecule has 0 atom stereocenters. The molecular formula is C24H27F3O2S. The maximum atomic E-state index is 14.1. The van der Waals surface area contributed by atoms with Crippen molar-refractivity contribution >= 4 is 12.6 Å². The van der Waals surface area contributed by atoms with Gasteiger partial charge in [-0.1, -0.05) is 35.4 Å². The molecule has 0 aliphatic rings. The normalized spacial score (nSPS) is 11.6. The second-order valence-corrected chi connectivity index (χ2v) is 8.11. The summed E-state index contributed by atoms with van der Waals surface area (Å²) in [6.45, 7) is 8.51. The molecule has 0 N–H and O–H groups in total. The number of ether oxygens (including phenoxy) is 2. The Morgan fingerprint density at radius 3 is 1.33 bits per heavy atom. The van der Waals surface area contributed by atoms with Gasteiger partial charge in [0.1, 0.15) is 24.7 Å². The number of benzene rings is 2. The minimum absolute atomic E-state index is 0.0195. The Labute approximate surface area is 181 Å². The van der Waals surface area contributed by atoms with E-state index in [1.54, 1.807) is 0 Å². The van der Waals surface area contributed by atoms with Crippen molar-refractivity contribution in [2.45, 2.75) is 38.6 Å². The summed E-state index contributed by atoms with van der Waals surface area (Å²) < 4.78 is 50.9. The second-order valence-electron chi connectivity index (χ2n) is 7.44. The van der Waals surface area contributed by atoms with Crippen molar-refractivity contribution < 1.29 is 22.6 Å². The monoisotopic (exact) mass is 436 g/mol. The molecule has 0 unspecified atom stereocenters. The van der Waals surface area contributed by atoms with Gasteiger partial charge >= 0.3 is 6.18 Å². The molecular weight excluding hydrogens is 409 g/mol. The lowest BCUT2D eigenvalue weighted by molar-refractivity contribution is -0.151. The Morgan fingerprint density at radius 2 is 1.07 bits per heavy atom. The molecule has 162 valence electrons. The molecule has 0 bridgehead atoms. The lowest BCUT2D eigenvalue weighted by Crippen LogP contribution is -2.38. The molecule has 30 heavy (non-hydrogen) atoms. The average molecular weight is 437 g/mol. The zero-order valence-electron chi connectivity index (χ0n) is 17.6. The van der Waals surface area contributed by atoms with E-state index in [-0.39, 0.29) is 11.1 Å². The van der Waals surface area contributed by atoms with Crippen LogP contribution >= 0.6 is 12.6 Å². The standard InChI is InChI=1S/C24H27F3O2S/c1-17(2)13-15-28-21-9-5-19(6-10-21)23(30,24(25,26)27)20-7-11-22(12-8-20)29-16-14-18(3)4/h5-14,30H,15-16H2,1-4H3. The van der Waals surface area contributed by atoms with E-state index in [1.807, 2.05) is 39.8 Å². The van der Waals surface area contributed by atoms with Crippen molar-refractivity contribution in [3.63, 3.8) is 0 Å². The van der Waals surface area contributed by atoms with Crippen LogP contribution in [0.3, 0.4) is 0 Å². The van der Waals surface area contributed by atoms with Crippen LogP contribution in [0.15, 0.2) is 71.8 Å². The van der Waals surface area contributed by atoms with E-state index >= 15 is 0 Å². The first kappa shape index (κ1) is 23.9. The Kier molecular flexibility index (Phi) is 8.07. The summed E-state index contributed by atoms with van der Waals surface area (Å²) in [6, 6.07) is 11.7. The quantitative estimate of drug-likeness (QED) is 0.351. The van der Waals surface area contributed by atoms with Crippen molar-refractivity contribution in [1.82, 2.24) is 0 Å². The first-order valence-electron chi connectivity index (χ1n) is 9.56. The summed E-state index contributed by atoms with van der Waals surface area (Å²) in [4.78, 5) is 0. The molecule has 2 aromatic rings. The average Bonchev–Trinajstić information content (AvgIpc) is 2.67. The summed E-state index contributed by atoms with van der Waals surface area (Å²) in [7, 11) is 0. The molecule has 0 radical (unpaired) electrons. The number of rotatable bonds is 8. The first-order chi connectivity index (χ1) is 14.0. The van der Waals surface area contributed by atoms with Gasteiger partial charge in [0, 0.05) is 0 Å². The van der Waals surface area contributed by atoms with Crippen molar-refractivity contribution in [3.8, 4) is 11.5 Å². The third-order valence-corrected chi connectivity index (χ3v) is 5.21. The zero-order chi connectivity index (χ0) is 22.4. The molecule has 0 saturated carbocycles. The van der Waals surface area contributed by atoms with E-state index in [0.29, 0.717) is 24.7 Å². The number of halogens is 3. The van der Waals surface area contributed by atoms with Crippen molar-refractivity contribution in [2.75, 3.05) is 13.2 Å². The summed E-state index contributed by atoms with van der Waals surface area (Å²) in [5.74, 6) is 0.995. The van der Waals surface area contributed by atoms with E-state index in [4.69, 9.17) is 9.47 Å². The van der Waals surface area contributed by atoms with Gasteiger partial charge in [0.2, 0.25) is 0 Å². The molecule has 2 aromatic carbocycles. The maximum Gasteiger partial charge on any atom is 0.411 e. The van der Waals surface area contributed by atoms with E-state index in [1.165, 1.54) is 48.5 Å². The topological polar surface area (TPSA) is 18.5 Å². The molecule has 2 nitrogen and oxygen atoms in total. The highest BCUT2D eigenvalue weighted by Crippen LogP contribution is 2.49. The fraction of sp³-hybridized carbons (Fsp3) is 0.333. The Bertz CT molecular complexity index is 809. The Balaban J connectivity index is 2.27. The SMILES string of the molecule is CC(C)=CCOc1ccc(C(S)(c2ccc(OCC=C(C)C)cc2)C(F)(F)F)cc1. The molecule has 0 amide bonds. The van der Waals surface area contributed by atoms with Gasteiger partial charge in [-0.25, -0.2) is 0 Å². The van der Waals surface area contributed by atoms with Gasteiger partial charge in [-0.3, -0.25) is 0 Å². The predicted molar refractivity (Wildman–Crippen MR) is 119 cm³/mol. The lowest BCUT2D eigenvalue weighted by Gasteiger charge is -2.32. The van der Waals surface area contributed by atoms with Crippen molar-refractivity contribution in [1.29, 1.82) is 0 Å². The summed E-state index contributed by atoms with van der Waals surface area (Å²) in [5.41, 5.74) is 2.25. The van der Waals surface area contributed by atoms with Crippen LogP contribution in [0.4, 0.5) is 13.2 Å². The molecule has 0 aliphatic carbocycles. The highest BCUT2D eigenvalue weighted by Gasteiger charge is 2.54. The molecule has 2 rings (SSSR count). The molecule has 0 heterocycles. The minimum atomic E-state index is -4.61. The fourth-order valence-corrected chi connectivity index (χ4v) is 2.99. The lowest BCUT2D eigenvalue weighted by atomic mass is 9.89. The third-order valence-electron chi connectivity index (χ3n) is 4.44. The number of hydrogen-bond donors (Lipinski definition) is 1. The van der Waals surface area contributed by atoms with Gasteiger partial charge in [0.15, 0.2) is 4.75 Å². The molecule has 0 aromatic heterocycles. The summed E-state index contributed by atoms with van der Waals surface area (Å²) in [6.07, 6.45) is -0.813. The van der Waals surface area contributed by atoms with Crippen LogP contribution in [-0.2, 0) is 4.75 Å². The molecule has 0 fully saturated rings. The summed E-state index contributed by atoms with van der Waals surface area (Å²) in [5, 5.41) is 0. The predicted octanol–water partition coefficient (Wildman–Crippen LogP) is 7.11. The van der Waals surface area contributed by atoms with Gasteiger partial charge in [0.25, 0.3) is 0 Å². The van der Waals surface area contributed by atoms with Gasteiger partial charge in [0.05, 0.1) is 0 Å². The number of alkyl halides is 3. The van der Waals surface area contributed by atoms with Crippen molar-refractivity contribution in [2.24, 2.45) is 0 Å². The fourth-order valence-electron chi connectivity index (χ4n) is 2.69. The third kappa shape index (κ3) is 6.08. The number of thiol groups is 1. The maximum absolute atomic E-state index is 14.1. The second kappa shape index (κ2) is 10.1. The summed E-state index contributed by atoms with van der Waals surface area (Å²) >= 11 is 4.12. The minimum Gasteiger partial charge on any atom is -0.490 e. The van der Waals surface area contributed by atoms with Gasteiger partial charge in [-0.2, -0.15) is 25.8 Å². The molecule has 6 heteroatoms. The zero-order valence-corrected chi connectivity index (χ0v) is 18.5. The molecule has 0 spiro atoms. The number of allylic oxidation sites excluding steroid dienone is 2. The van der Waals surface area contributed by atoms with Crippen LogP contribution in [-0.4, -0.2) is 19.4 Å². The largest absolute Gasteiger partial charge is 0.490 e. The highest BCUT2D eigenvalue weighted by molar-refractivity contribution is 7.81. The van der Waals surface area contributed by atoms with Gasteiger partial charge in [-0.15, -0.1) is 0 Å². The molecule has 0 saturated heterocycles. The Morgan fingerprint density at radius 1 is 0.733 bits per heavy atom. The van der Waals surface area contributed by atoms with E-state index in [0.717, 1.165) is 11.1 Å². The van der Waals surface area contributed by atoms with Gasteiger partial charge < -0.3 is 9.47 Å². The van der Waals surface area contributed by atoms with Crippen LogP contribution in [0, 0.1) is 0 Å². The van der Waals surface area contributed by atoms with Crippen LogP contribution in [0.5, 0.6) is 11.5 Å². The van der Waals surface area contributed by atoms with Crippen LogP contribution < -0.4 is 9.47 Å². The number of hydrogen-bond acceptors (Lipinski definition) is 3. The Hall–Kier alpha value is -2.34. The van der Waals surface area contributed by atoms with E-state index in [9.17, 15) is 13.2 Å². The first-order valence-corrected chi connectivity index (χ1v) is 10.0. The van der Waals surface area contributed by atoms with Crippen LogP contribution in [0.2, 0.25) is 0 Å². The van der Waals surface area contributed by atoms with E-state index < -0.39 is 10.9 Å². The van der Waals surface area contributed by atoms with Crippen LogP contribution in [0.25, 0.3) is 0 Å². The highest BCUT2D eigenvalue weighted by atomic mass is 32.1.